The van der Waals surface area contributed by atoms with Gasteiger partial charge >= 0.3 is 0 Å². The molecule has 6 N–H and O–H groups in total. The van der Waals surface area contributed by atoms with Gasteiger partial charge in [-0.05, 0) is 41.8 Å². The highest BCUT2D eigenvalue weighted by Gasteiger charge is 2.01. The number of rotatable bonds is 12. The van der Waals surface area contributed by atoms with E-state index in [0.717, 1.165) is 29.1 Å². The van der Waals surface area contributed by atoms with E-state index in [4.69, 9.17) is 11.5 Å². The molecule has 0 aromatic heterocycles. The Hall–Kier alpha value is -3.14. The minimum Gasteiger partial charge on any atom is -0.398 e. The lowest BCUT2D eigenvalue weighted by molar-refractivity contribution is 0.621. The monoisotopic (exact) mass is 390 g/mol. The zero-order chi connectivity index (χ0) is 20.9. The predicted molar refractivity (Wildman–Crippen MR) is 127 cm³/mol. The van der Waals surface area contributed by atoms with Gasteiger partial charge in [0.1, 0.15) is 5.82 Å². The molecule has 0 aliphatic carbocycles. The summed E-state index contributed by atoms with van der Waals surface area (Å²) in [6, 6.07) is 17.9. The number of benzene rings is 2. The van der Waals surface area contributed by atoms with Crippen molar-refractivity contribution in [3.05, 3.63) is 90.3 Å². The molecular formula is C25H34N4. The summed E-state index contributed by atoms with van der Waals surface area (Å²) in [4.78, 5) is 0. The Bertz CT molecular complexity index is 822. The maximum Gasteiger partial charge on any atom is 0.101 e. The average Bonchev–Trinajstić information content (AvgIpc) is 2.75. The van der Waals surface area contributed by atoms with Gasteiger partial charge in [0.05, 0.1) is 0 Å². The number of anilines is 1. The molecule has 0 bridgehead atoms. The molecule has 4 nitrogen and oxygen atoms in total. The summed E-state index contributed by atoms with van der Waals surface area (Å²) in [5, 5.41) is 6.62. The fraction of sp³-hybridized carbons (Fsp3) is 0.280. The Morgan fingerprint density at radius 2 is 1.62 bits per heavy atom. The Kier molecular flexibility index (Phi) is 9.43. The van der Waals surface area contributed by atoms with Gasteiger partial charge < -0.3 is 22.1 Å². The van der Waals surface area contributed by atoms with Crippen molar-refractivity contribution in [2.24, 2.45) is 11.5 Å². The van der Waals surface area contributed by atoms with Crippen LogP contribution in [-0.2, 0) is 0 Å². The van der Waals surface area contributed by atoms with Crippen molar-refractivity contribution in [1.29, 1.82) is 0 Å². The van der Waals surface area contributed by atoms with Gasteiger partial charge in [-0.3, -0.25) is 0 Å². The van der Waals surface area contributed by atoms with Crippen LogP contribution in [0.5, 0.6) is 0 Å². The lowest BCUT2D eigenvalue weighted by atomic mass is 10.1. The first-order valence-electron chi connectivity index (χ1n) is 10.4. The third-order valence-electron chi connectivity index (χ3n) is 4.67. The fourth-order valence-electron chi connectivity index (χ4n) is 2.97. The van der Waals surface area contributed by atoms with E-state index in [9.17, 15) is 0 Å². The quantitative estimate of drug-likeness (QED) is 0.288. The van der Waals surface area contributed by atoms with E-state index < -0.39 is 0 Å². The number of hydrogen-bond acceptors (Lipinski definition) is 4. The molecular weight excluding hydrogens is 356 g/mol. The minimum atomic E-state index is 0.524. The molecule has 0 saturated heterocycles. The number of hydrogen-bond donors (Lipinski definition) is 4. The summed E-state index contributed by atoms with van der Waals surface area (Å²) >= 11 is 0. The topological polar surface area (TPSA) is 76.1 Å². The first-order chi connectivity index (χ1) is 14.1. The Morgan fingerprint density at radius 1 is 0.897 bits per heavy atom. The summed E-state index contributed by atoms with van der Waals surface area (Å²) in [5.41, 5.74) is 16.7. The third-order valence-corrected chi connectivity index (χ3v) is 4.67. The maximum absolute atomic E-state index is 6.11. The highest BCUT2D eigenvalue weighted by Crippen LogP contribution is 2.17. The van der Waals surface area contributed by atoms with Crippen LogP contribution in [0.4, 0.5) is 5.69 Å². The molecule has 29 heavy (non-hydrogen) atoms. The van der Waals surface area contributed by atoms with Gasteiger partial charge in [-0.15, -0.1) is 0 Å². The van der Waals surface area contributed by atoms with Crippen LogP contribution in [0.3, 0.4) is 0 Å². The van der Waals surface area contributed by atoms with E-state index in [1.165, 1.54) is 32.1 Å². The van der Waals surface area contributed by atoms with Gasteiger partial charge in [-0.1, -0.05) is 81.7 Å². The van der Waals surface area contributed by atoms with Crippen molar-refractivity contribution in [2.45, 2.75) is 39.0 Å². The van der Waals surface area contributed by atoms with Crippen molar-refractivity contribution < 1.29 is 0 Å². The minimum absolute atomic E-state index is 0.524. The van der Waals surface area contributed by atoms with E-state index in [1.807, 2.05) is 54.6 Å². The van der Waals surface area contributed by atoms with Crippen LogP contribution in [0.25, 0.3) is 11.4 Å². The number of nitrogens with two attached hydrogens (primary N) is 2. The highest BCUT2D eigenvalue weighted by atomic mass is 15.0. The molecule has 0 aliphatic heterocycles. The van der Waals surface area contributed by atoms with Gasteiger partial charge in [0.25, 0.3) is 0 Å². The summed E-state index contributed by atoms with van der Waals surface area (Å²) in [6.45, 7) is 7.35. The van der Waals surface area contributed by atoms with Crippen molar-refractivity contribution in [2.75, 3.05) is 11.9 Å². The first-order valence-corrected chi connectivity index (χ1v) is 10.4. The van der Waals surface area contributed by atoms with Crippen LogP contribution in [0.2, 0.25) is 0 Å². The van der Waals surface area contributed by atoms with Crippen LogP contribution in [0.15, 0.2) is 79.1 Å². The number of allylic oxidation sites excluding steroid dienone is 2. The van der Waals surface area contributed by atoms with E-state index in [0.29, 0.717) is 11.5 Å². The van der Waals surface area contributed by atoms with Crippen LogP contribution < -0.4 is 22.1 Å². The second-order valence-electron chi connectivity index (χ2n) is 7.14. The maximum atomic E-state index is 6.11. The van der Waals surface area contributed by atoms with Crippen LogP contribution in [0, 0.1) is 0 Å². The number of unbranched alkanes of at least 4 members (excludes halogenated alkanes) is 4. The first kappa shape index (κ1) is 22.2. The van der Waals surface area contributed by atoms with Gasteiger partial charge in [0.15, 0.2) is 0 Å². The fourth-order valence-corrected chi connectivity index (χ4v) is 2.97. The molecule has 0 spiro atoms. The number of nitrogens with one attached hydrogen (secondary N) is 2. The zero-order valence-corrected chi connectivity index (χ0v) is 17.5. The molecule has 0 amide bonds. The standard InChI is InChI=1S/C25H34N4/c1-3-4-5-6-10-18-28-20(2)22-14-11-15-23(19-22)29-25(27)17-16-24(26)21-12-8-7-9-13-21/h7-9,11-17,19,28-29H,2-6,10,18,26-27H2,1H3/b24-16-,25-17+. The Morgan fingerprint density at radius 3 is 2.38 bits per heavy atom. The molecule has 2 aromatic rings. The lowest BCUT2D eigenvalue weighted by Crippen LogP contribution is -2.13. The highest BCUT2D eigenvalue weighted by molar-refractivity contribution is 5.67. The summed E-state index contributed by atoms with van der Waals surface area (Å²) in [6.07, 6.45) is 9.90. The molecule has 0 fully saturated rings. The summed E-state index contributed by atoms with van der Waals surface area (Å²) in [7, 11) is 0. The van der Waals surface area contributed by atoms with E-state index in [-0.39, 0.29) is 0 Å². The van der Waals surface area contributed by atoms with Crippen molar-refractivity contribution >= 4 is 17.1 Å². The molecule has 0 atom stereocenters. The molecule has 0 unspecified atom stereocenters. The Labute approximate surface area is 175 Å². The van der Waals surface area contributed by atoms with Crippen LogP contribution in [0.1, 0.15) is 50.2 Å². The molecule has 4 heteroatoms. The van der Waals surface area contributed by atoms with E-state index in [1.54, 1.807) is 12.2 Å². The van der Waals surface area contributed by atoms with Crippen molar-refractivity contribution in [1.82, 2.24) is 5.32 Å². The second-order valence-corrected chi connectivity index (χ2v) is 7.14. The predicted octanol–water partition coefficient (Wildman–Crippen LogP) is 5.43. The molecule has 0 aliphatic rings. The second kappa shape index (κ2) is 12.3. The molecule has 0 heterocycles. The third kappa shape index (κ3) is 8.18. The molecule has 0 saturated carbocycles. The summed E-state index contributed by atoms with van der Waals surface area (Å²) < 4.78 is 0. The Balaban J connectivity index is 1.89. The average molecular weight is 391 g/mol. The van der Waals surface area contributed by atoms with E-state index in [2.05, 4.69) is 24.1 Å². The SMILES string of the molecule is C=C(NCCCCCCC)c1cccc(N/C(N)=C/C=C(\N)c2ccccc2)c1. The van der Waals surface area contributed by atoms with Gasteiger partial charge in [0, 0.05) is 23.6 Å². The lowest BCUT2D eigenvalue weighted by Gasteiger charge is -2.12. The van der Waals surface area contributed by atoms with Crippen LogP contribution >= 0.6 is 0 Å². The van der Waals surface area contributed by atoms with Gasteiger partial charge in [-0.25, -0.2) is 0 Å². The summed E-state index contributed by atoms with van der Waals surface area (Å²) in [5.74, 6) is 0.524. The molecule has 2 rings (SSSR count). The van der Waals surface area contributed by atoms with Crippen molar-refractivity contribution in [3.63, 3.8) is 0 Å². The van der Waals surface area contributed by atoms with Gasteiger partial charge in [-0.2, -0.15) is 0 Å². The smallest absolute Gasteiger partial charge is 0.101 e. The molecule has 154 valence electrons. The zero-order valence-electron chi connectivity index (χ0n) is 17.5. The van der Waals surface area contributed by atoms with E-state index >= 15 is 0 Å². The van der Waals surface area contributed by atoms with Crippen molar-refractivity contribution in [3.8, 4) is 0 Å². The van der Waals surface area contributed by atoms with Crippen LogP contribution in [-0.4, -0.2) is 6.54 Å². The largest absolute Gasteiger partial charge is 0.398 e. The molecule has 0 radical (unpaired) electrons. The molecule has 2 aromatic carbocycles. The van der Waals surface area contributed by atoms with Gasteiger partial charge in [0.2, 0.25) is 0 Å². The normalized spacial score (nSPS) is 11.9.